The lowest BCUT2D eigenvalue weighted by Crippen LogP contribution is -2.18. The number of nitrogens with one attached hydrogen (secondary N) is 1. The first-order valence-electron chi connectivity index (χ1n) is 6.87. The average Bonchev–Trinajstić information content (AvgIpc) is 2.51. The highest BCUT2D eigenvalue weighted by atomic mass is 19.2. The van der Waals surface area contributed by atoms with Gasteiger partial charge in [-0.3, -0.25) is 4.79 Å². The van der Waals surface area contributed by atoms with Gasteiger partial charge in [0.1, 0.15) is 0 Å². The van der Waals surface area contributed by atoms with Crippen molar-refractivity contribution in [2.75, 3.05) is 11.9 Å². The molecule has 0 aliphatic rings. The Morgan fingerprint density at radius 2 is 2.00 bits per heavy atom. The second kappa shape index (κ2) is 7.44. The van der Waals surface area contributed by atoms with Gasteiger partial charge in [0.05, 0.1) is 18.7 Å². The summed E-state index contributed by atoms with van der Waals surface area (Å²) < 4.78 is 30.8. The number of ether oxygens (including phenoxy) is 1. The Hall–Kier alpha value is -2.83. The van der Waals surface area contributed by atoms with Gasteiger partial charge in [0, 0.05) is 6.20 Å². The third-order valence-electron chi connectivity index (χ3n) is 2.90. The van der Waals surface area contributed by atoms with Gasteiger partial charge in [-0.1, -0.05) is 6.07 Å². The molecule has 1 N–H and O–H groups in total. The Morgan fingerprint density at radius 3 is 2.70 bits per heavy atom. The molecule has 1 amide bonds. The van der Waals surface area contributed by atoms with Crippen LogP contribution in [0.25, 0.3) is 0 Å². The minimum Gasteiger partial charge on any atom is -0.461 e. The molecule has 7 heteroatoms. The Balaban J connectivity index is 2.11. The lowest BCUT2D eigenvalue weighted by atomic mass is 10.1. The number of aromatic nitrogens is 1. The van der Waals surface area contributed by atoms with Gasteiger partial charge in [-0.15, -0.1) is 0 Å². The largest absolute Gasteiger partial charge is 0.461 e. The summed E-state index contributed by atoms with van der Waals surface area (Å²) in [7, 11) is 0. The van der Waals surface area contributed by atoms with E-state index < -0.39 is 23.5 Å². The van der Waals surface area contributed by atoms with Gasteiger partial charge >= 0.3 is 5.97 Å². The molecule has 5 nitrogen and oxygen atoms in total. The van der Waals surface area contributed by atoms with Crippen LogP contribution in [0.5, 0.6) is 0 Å². The molecule has 1 aromatic carbocycles. The summed E-state index contributed by atoms with van der Waals surface area (Å²) in [5.41, 5.74) is 0.481. The molecule has 0 aliphatic carbocycles. The van der Waals surface area contributed by atoms with E-state index in [1.165, 1.54) is 18.3 Å². The molecule has 0 unspecified atom stereocenters. The molecule has 2 aromatic rings. The standard InChI is InChI=1S/C16H14F2N2O3/c1-2-23-16(22)15-13(4-3-7-19-15)20-14(21)9-10-5-6-11(17)12(18)8-10/h3-8H,2,9H2,1H3,(H,20,21). The molecule has 0 fully saturated rings. The lowest BCUT2D eigenvalue weighted by Gasteiger charge is -2.09. The van der Waals surface area contributed by atoms with Crippen LogP contribution in [0.2, 0.25) is 0 Å². The number of rotatable bonds is 5. The van der Waals surface area contributed by atoms with Crippen molar-refractivity contribution < 1.29 is 23.1 Å². The smallest absolute Gasteiger partial charge is 0.359 e. The summed E-state index contributed by atoms with van der Waals surface area (Å²) in [5, 5.41) is 2.51. The molecule has 2 rings (SSSR count). The fraction of sp³-hybridized carbons (Fsp3) is 0.188. The maximum absolute atomic E-state index is 13.1. The minimum absolute atomic E-state index is 0.0204. The lowest BCUT2D eigenvalue weighted by molar-refractivity contribution is -0.115. The molecule has 1 aromatic heterocycles. The summed E-state index contributed by atoms with van der Waals surface area (Å²) in [6, 6.07) is 6.27. The fourth-order valence-electron chi connectivity index (χ4n) is 1.90. The Labute approximate surface area is 131 Å². The van der Waals surface area contributed by atoms with Crippen LogP contribution >= 0.6 is 0 Å². The first kappa shape index (κ1) is 16.5. The third-order valence-corrected chi connectivity index (χ3v) is 2.90. The van der Waals surface area contributed by atoms with E-state index in [0.717, 1.165) is 12.1 Å². The molecule has 0 atom stereocenters. The van der Waals surface area contributed by atoms with Gasteiger partial charge in [0.15, 0.2) is 17.3 Å². The predicted molar refractivity (Wildman–Crippen MR) is 78.9 cm³/mol. The summed E-state index contributed by atoms with van der Waals surface area (Å²) in [4.78, 5) is 27.6. The Morgan fingerprint density at radius 1 is 1.22 bits per heavy atom. The van der Waals surface area contributed by atoms with Crippen molar-refractivity contribution in [3.63, 3.8) is 0 Å². The monoisotopic (exact) mass is 320 g/mol. The third kappa shape index (κ3) is 4.32. The first-order chi connectivity index (χ1) is 11.0. The van der Waals surface area contributed by atoms with Crippen LogP contribution in [0.1, 0.15) is 23.0 Å². The number of amides is 1. The second-order valence-corrected chi connectivity index (χ2v) is 4.59. The van der Waals surface area contributed by atoms with Gasteiger partial charge in [-0.25, -0.2) is 18.6 Å². The molecule has 23 heavy (non-hydrogen) atoms. The highest BCUT2D eigenvalue weighted by Crippen LogP contribution is 2.15. The number of pyridine rings is 1. The van der Waals surface area contributed by atoms with E-state index in [2.05, 4.69) is 10.3 Å². The van der Waals surface area contributed by atoms with Gasteiger partial charge in [-0.05, 0) is 36.8 Å². The summed E-state index contributed by atoms with van der Waals surface area (Å²) in [5.74, 6) is -3.15. The van der Waals surface area contributed by atoms with Gasteiger partial charge in [0.2, 0.25) is 5.91 Å². The minimum atomic E-state index is -1.02. The van der Waals surface area contributed by atoms with E-state index in [1.54, 1.807) is 13.0 Å². The van der Waals surface area contributed by atoms with Crippen molar-refractivity contribution in [2.45, 2.75) is 13.3 Å². The van der Waals surface area contributed by atoms with E-state index >= 15 is 0 Å². The van der Waals surface area contributed by atoms with Crippen molar-refractivity contribution in [3.8, 4) is 0 Å². The zero-order chi connectivity index (χ0) is 16.8. The number of carbonyl (C=O) groups is 2. The van der Waals surface area contributed by atoms with Crippen molar-refractivity contribution in [3.05, 3.63) is 59.4 Å². The first-order valence-corrected chi connectivity index (χ1v) is 6.87. The fourth-order valence-corrected chi connectivity index (χ4v) is 1.90. The van der Waals surface area contributed by atoms with E-state index in [0.29, 0.717) is 5.56 Å². The Kier molecular flexibility index (Phi) is 5.35. The molecule has 0 bridgehead atoms. The maximum Gasteiger partial charge on any atom is 0.359 e. The topological polar surface area (TPSA) is 68.3 Å². The van der Waals surface area contributed by atoms with Crippen molar-refractivity contribution >= 4 is 17.6 Å². The molecule has 0 aliphatic heterocycles. The van der Waals surface area contributed by atoms with E-state index in [-0.39, 0.29) is 24.4 Å². The van der Waals surface area contributed by atoms with Crippen molar-refractivity contribution in [1.29, 1.82) is 0 Å². The zero-order valence-corrected chi connectivity index (χ0v) is 12.3. The SMILES string of the molecule is CCOC(=O)c1ncccc1NC(=O)Cc1ccc(F)c(F)c1. The molecule has 0 radical (unpaired) electrons. The van der Waals surface area contributed by atoms with Crippen LogP contribution < -0.4 is 5.32 Å². The second-order valence-electron chi connectivity index (χ2n) is 4.59. The number of esters is 1. The van der Waals surface area contributed by atoms with Gasteiger partial charge in [0.25, 0.3) is 0 Å². The Bertz CT molecular complexity index is 735. The van der Waals surface area contributed by atoms with Crippen molar-refractivity contribution in [1.82, 2.24) is 4.98 Å². The van der Waals surface area contributed by atoms with E-state index in [1.807, 2.05) is 0 Å². The van der Waals surface area contributed by atoms with E-state index in [4.69, 9.17) is 4.74 Å². The molecular formula is C16H14F2N2O3. The number of hydrogen-bond acceptors (Lipinski definition) is 4. The van der Waals surface area contributed by atoms with Crippen LogP contribution in [0.15, 0.2) is 36.5 Å². The summed E-state index contributed by atoms with van der Waals surface area (Å²) in [6.45, 7) is 1.83. The van der Waals surface area contributed by atoms with Crippen LogP contribution in [-0.2, 0) is 16.0 Å². The van der Waals surface area contributed by atoms with Crippen LogP contribution in [0, 0.1) is 11.6 Å². The molecular weight excluding hydrogens is 306 g/mol. The normalized spacial score (nSPS) is 10.2. The van der Waals surface area contributed by atoms with Crippen LogP contribution in [0.4, 0.5) is 14.5 Å². The number of anilines is 1. The van der Waals surface area contributed by atoms with Crippen LogP contribution in [-0.4, -0.2) is 23.5 Å². The van der Waals surface area contributed by atoms with Gasteiger partial charge < -0.3 is 10.1 Å². The number of carbonyl (C=O) groups excluding carboxylic acids is 2. The molecule has 0 saturated carbocycles. The highest BCUT2D eigenvalue weighted by Gasteiger charge is 2.16. The summed E-state index contributed by atoms with van der Waals surface area (Å²) in [6.07, 6.45) is 1.23. The van der Waals surface area contributed by atoms with Crippen molar-refractivity contribution in [2.24, 2.45) is 0 Å². The average molecular weight is 320 g/mol. The number of halogens is 2. The maximum atomic E-state index is 13.1. The quantitative estimate of drug-likeness (QED) is 0.860. The zero-order valence-electron chi connectivity index (χ0n) is 12.3. The molecule has 0 saturated heterocycles. The van der Waals surface area contributed by atoms with Gasteiger partial charge in [-0.2, -0.15) is 0 Å². The van der Waals surface area contributed by atoms with Crippen LogP contribution in [0.3, 0.4) is 0 Å². The predicted octanol–water partition coefficient (Wildman–Crippen LogP) is 2.72. The summed E-state index contributed by atoms with van der Waals surface area (Å²) >= 11 is 0. The molecule has 120 valence electrons. The number of hydrogen-bond donors (Lipinski definition) is 1. The van der Waals surface area contributed by atoms with E-state index in [9.17, 15) is 18.4 Å². The highest BCUT2D eigenvalue weighted by molar-refractivity contribution is 6.00. The molecule has 1 heterocycles. The molecule has 0 spiro atoms. The number of benzene rings is 1. The number of nitrogens with zero attached hydrogens (tertiary/aromatic N) is 1.